The summed E-state index contributed by atoms with van der Waals surface area (Å²) in [5, 5.41) is 10.3. The molecule has 0 bridgehead atoms. The van der Waals surface area contributed by atoms with E-state index in [1.54, 1.807) is 12.2 Å². The van der Waals surface area contributed by atoms with E-state index in [1.165, 1.54) is 43.2 Å². The molecule has 0 aliphatic heterocycles. The topological polar surface area (TPSA) is 145 Å². The predicted molar refractivity (Wildman–Crippen MR) is 240 cm³/mol. The number of phosphoric ester groups is 1. The minimum absolute atomic E-state index is 0.0150. The van der Waals surface area contributed by atoms with Crippen molar-refractivity contribution in [3.05, 3.63) is 71.3 Å². The lowest BCUT2D eigenvalue weighted by Crippen LogP contribution is -2.37. The fraction of sp³-hybridized carbons (Fsp3) is 0.708. The summed E-state index contributed by atoms with van der Waals surface area (Å²) in [5.74, 6) is 1.18. The third kappa shape index (κ3) is 30.3. The number of aliphatic hydroxyl groups excluding tert-OH is 1. The van der Waals surface area contributed by atoms with Crippen LogP contribution in [-0.4, -0.2) is 81.2 Å². The lowest BCUT2D eigenvalue weighted by Gasteiger charge is -2.28. The maximum Gasteiger partial charge on any atom is 0.306 e. The number of carbonyl (C=O) groups excluding carboxylic acids is 2. The number of hydrogen-bond donors (Lipinski definition) is 1. The van der Waals surface area contributed by atoms with E-state index in [4.69, 9.17) is 22.9 Å². The molecule has 60 heavy (non-hydrogen) atoms. The van der Waals surface area contributed by atoms with Gasteiger partial charge in [0.1, 0.15) is 31.3 Å². The number of phosphoric acid groups is 1. The van der Waals surface area contributed by atoms with Gasteiger partial charge in [0.2, 0.25) is 0 Å². The molecular weight excluding hydrogens is 781 g/mol. The highest BCUT2D eigenvalue weighted by atomic mass is 31.2. The summed E-state index contributed by atoms with van der Waals surface area (Å²) in [6.45, 7) is 8.19. The van der Waals surface area contributed by atoms with Crippen molar-refractivity contribution in [2.45, 2.75) is 175 Å². The van der Waals surface area contributed by atoms with Gasteiger partial charge in [0.15, 0.2) is 6.10 Å². The number of aliphatic hydroxyl groups is 1. The highest BCUT2D eigenvalue weighted by molar-refractivity contribution is 7.45. The number of hydrogen-bond acceptors (Lipinski definition) is 10. The highest BCUT2D eigenvalue weighted by Gasteiger charge is 2.22. The molecule has 0 amide bonds. The molecule has 1 aromatic rings. The Bertz CT molecular complexity index is 1460. The minimum Gasteiger partial charge on any atom is -0.756 e. The second-order valence-electron chi connectivity index (χ2n) is 16.8. The van der Waals surface area contributed by atoms with Crippen LogP contribution in [-0.2, 0) is 45.5 Å². The van der Waals surface area contributed by atoms with E-state index in [-0.39, 0.29) is 26.1 Å². The normalized spacial score (nSPS) is 14.5. The first-order chi connectivity index (χ1) is 28.7. The Kier molecular flexibility index (Phi) is 31.1. The molecule has 0 aliphatic carbocycles. The van der Waals surface area contributed by atoms with Crippen molar-refractivity contribution < 1.29 is 51.6 Å². The number of rotatable bonds is 37. The third-order valence-electron chi connectivity index (χ3n) is 10.2. The predicted octanol–water partition coefficient (Wildman–Crippen LogP) is 10.7. The number of furan rings is 1. The van der Waals surface area contributed by atoms with Gasteiger partial charge in [-0.2, -0.15) is 0 Å². The van der Waals surface area contributed by atoms with Crippen LogP contribution >= 0.6 is 7.82 Å². The monoisotopic (exact) mass is 864 g/mol. The average molecular weight is 864 g/mol. The zero-order chi connectivity index (χ0) is 44.5. The van der Waals surface area contributed by atoms with Crippen LogP contribution in [0.1, 0.15) is 158 Å². The first kappa shape index (κ1) is 55.2. The van der Waals surface area contributed by atoms with Gasteiger partial charge in [-0.3, -0.25) is 14.2 Å². The zero-order valence-electron chi connectivity index (χ0n) is 38.5. The van der Waals surface area contributed by atoms with Gasteiger partial charge in [-0.05, 0) is 82.8 Å². The highest BCUT2D eigenvalue weighted by Crippen LogP contribution is 2.38. The summed E-state index contributed by atoms with van der Waals surface area (Å²) >= 11 is 0. The summed E-state index contributed by atoms with van der Waals surface area (Å²) in [6.07, 6.45) is 32.9. The van der Waals surface area contributed by atoms with Crippen molar-refractivity contribution in [1.82, 2.24) is 0 Å². The Morgan fingerprint density at radius 1 is 0.733 bits per heavy atom. The summed E-state index contributed by atoms with van der Waals surface area (Å²) in [4.78, 5) is 37.7. The molecule has 344 valence electrons. The van der Waals surface area contributed by atoms with Crippen LogP contribution in [0.25, 0.3) is 0 Å². The average Bonchev–Trinajstić information content (AvgIpc) is 3.45. The molecule has 0 radical (unpaired) electrons. The quantitative estimate of drug-likeness (QED) is 0.0171. The standard InChI is InChI=1S/C48H82NO10P/c1-8-10-12-13-14-15-16-17-18-19-20-23-27-31-43(50)32-30-36-48(52)58-44(40-57-60(53,54)56-38-37-49(5,6)7)39-55-47(51)35-29-25-22-21-24-28-34-46-42(4)41(3)45(59-46)33-26-11-9-2/h14-15,17-18,20,23,27,31,43-44,50H,8-13,16,19,21-22,24-26,28-30,32-40H2,1-7H3/b15-14-,18-17-,23-20-,31-27+/t43-,44+/m0/s1. The molecule has 1 rings (SSSR count). The van der Waals surface area contributed by atoms with E-state index >= 15 is 0 Å². The van der Waals surface area contributed by atoms with Crippen molar-refractivity contribution in [2.24, 2.45) is 0 Å². The molecule has 1 heterocycles. The van der Waals surface area contributed by atoms with Crippen molar-refractivity contribution in [3.63, 3.8) is 0 Å². The van der Waals surface area contributed by atoms with Gasteiger partial charge in [-0.1, -0.05) is 114 Å². The van der Waals surface area contributed by atoms with E-state index in [2.05, 4.69) is 52.0 Å². The number of allylic oxidation sites excluding steroid dienone is 7. The van der Waals surface area contributed by atoms with Crippen LogP contribution in [0.2, 0.25) is 0 Å². The molecule has 1 aromatic heterocycles. The maximum atomic E-state index is 12.7. The van der Waals surface area contributed by atoms with E-state index < -0.39 is 38.6 Å². The molecule has 3 atom stereocenters. The number of esters is 2. The van der Waals surface area contributed by atoms with E-state index in [0.29, 0.717) is 30.3 Å². The van der Waals surface area contributed by atoms with Crippen LogP contribution in [0.3, 0.4) is 0 Å². The largest absolute Gasteiger partial charge is 0.756 e. The summed E-state index contributed by atoms with van der Waals surface area (Å²) in [7, 11) is 1.02. The number of unbranched alkanes of at least 4 members (excludes halogenated alkanes) is 10. The van der Waals surface area contributed by atoms with E-state index in [1.807, 2.05) is 33.3 Å². The molecule has 0 saturated carbocycles. The fourth-order valence-corrected chi connectivity index (χ4v) is 6.96. The first-order valence-corrected chi connectivity index (χ1v) is 24.3. The van der Waals surface area contributed by atoms with Gasteiger partial charge < -0.3 is 37.4 Å². The van der Waals surface area contributed by atoms with Crippen LogP contribution in [0.5, 0.6) is 0 Å². The Morgan fingerprint density at radius 2 is 1.32 bits per heavy atom. The maximum absolute atomic E-state index is 12.7. The van der Waals surface area contributed by atoms with Gasteiger partial charge >= 0.3 is 11.9 Å². The number of ether oxygens (including phenoxy) is 2. The second kappa shape index (κ2) is 33.8. The Morgan fingerprint density at radius 3 is 1.98 bits per heavy atom. The number of quaternary nitrogens is 1. The fourth-order valence-electron chi connectivity index (χ4n) is 6.23. The van der Waals surface area contributed by atoms with Crippen molar-refractivity contribution in [3.8, 4) is 0 Å². The second-order valence-corrected chi connectivity index (χ2v) is 18.3. The van der Waals surface area contributed by atoms with Crippen molar-refractivity contribution in [1.29, 1.82) is 0 Å². The lowest BCUT2D eigenvalue weighted by atomic mass is 10.0. The Balaban J connectivity index is 2.47. The van der Waals surface area contributed by atoms with Crippen molar-refractivity contribution in [2.75, 3.05) is 47.5 Å². The number of likely N-dealkylation sites (N-methyl/N-ethyl adjacent to an activating group) is 1. The molecular formula is C48H82NO10P. The van der Waals surface area contributed by atoms with Crippen LogP contribution in [0.4, 0.5) is 0 Å². The smallest absolute Gasteiger partial charge is 0.306 e. The SMILES string of the molecule is CCCCC/C=C\C/C=C\C/C=C\C=C\[C@H](O)CCCC(=O)O[C@H](COC(=O)CCCCCCCCc1oc(CCCCC)c(C)c1C)COP(=O)([O-])OCC[N+](C)(C)C. The van der Waals surface area contributed by atoms with Gasteiger partial charge in [0.05, 0.1) is 33.9 Å². The molecule has 1 unspecified atom stereocenters. The van der Waals surface area contributed by atoms with E-state index in [9.17, 15) is 24.2 Å². The molecule has 0 saturated heterocycles. The Labute approximate surface area is 363 Å². The number of carbonyl (C=O) groups is 2. The summed E-state index contributed by atoms with van der Waals surface area (Å²) < 4.78 is 40.0. The summed E-state index contributed by atoms with van der Waals surface area (Å²) in [5.41, 5.74) is 2.58. The molecule has 11 nitrogen and oxygen atoms in total. The van der Waals surface area contributed by atoms with Gasteiger partial charge in [-0.15, -0.1) is 0 Å². The molecule has 0 aromatic carbocycles. The minimum atomic E-state index is -4.70. The van der Waals surface area contributed by atoms with Gasteiger partial charge in [-0.25, -0.2) is 0 Å². The van der Waals surface area contributed by atoms with Crippen molar-refractivity contribution >= 4 is 19.8 Å². The summed E-state index contributed by atoms with van der Waals surface area (Å²) in [6, 6.07) is 0. The Hall–Kier alpha value is -2.79. The van der Waals surface area contributed by atoms with E-state index in [0.717, 1.165) is 82.1 Å². The molecule has 0 fully saturated rings. The van der Waals surface area contributed by atoms with Gasteiger partial charge in [0, 0.05) is 25.7 Å². The third-order valence-corrected chi connectivity index (χ3v) is 11.1. The number of aryl methyl sites for hydroxylation is 2. The molecule has 0 spiro atoms. The molecule has 0 aliphatic rings. The molecule has 12 heteroatoms. The number of nitrogens with zero attached hydrogens (tertiary/aromatic N) is 1. The van der Waals surface area contributed by atoms with Gasteiger partial charge in [0.25, 0.3) is 7.82 Å². The lowest BCUT2D eigenvalue weighted by molar-refractivity contribution is -0.870. The first-order valence-electron chi connectivity index (χ1n) is 22.8. The zero-order valence-corrected chi connectivity index (χ0v) is 39.4. The van der Waals surface area contributed by atoms with Crippen LogP contribution in [0, 0.1) is 13.8 Å². The van der Waals surface area contributed by atoms with Crippen LogP contribution in [0.15, 0.2) is 53.0 Å². The van der Waals surface area contributed by atoms with Crippen LogP contribution < -0.4 is 4.89 Å². The molecule has 1 N–H and O–H groups in total.